The van der Waals surface area contributed by atoms with E-state index >= 15 is 0 Å². The molecule has 0 radical (unpaired) electrons. The summed E-state index contributed by atoms with van der Waals surface area (Å²) < 4.78 is 13.0. The summed E-state index contributed by atoms with van der Waals surface area (Å²) in [5.41, 5.74) is 2.16. The van der Waals surface area contributed by atoms with E-state index in [4.69, 9.17) is 0 Å². The number of aromatic nitrogens is 5. The van der Waals surface area contributed by atoms with E-state index in [1.807, 2.05) is 24.3 Å². The number of nitrogens with one attached hydrogen (secondary N) is 3. The highest BCUT2D eigenvalue weighted by Gasteiger charge is 2.29. The maximum atomic E-state index is 13.0. The zero-order valence-corrected chi connectivity index (χ0v) is 13.8. The van der Waals surface area contributed by atoms with Crippen molar-refractivity contribution in [2.45, 2.75) is 25.1 Å². The van der Waals surface area contributed by atoms with Crippen LogP contribution in [0.4, 0.5) is 21.7 Å². The summed E-state index contributed by atoms with van der Waals surface area (Å²) in [6.07, 6.45) is 5.41. The first-order chi connectivity index (χ1) is 12.8. The molecule has 0 saturated heterocycles. The van der Waals surface area contributed by atoms with Gasteiger partial charge in [0.1, 0.15) is 12.0 Å². The largest absolute Gasteiger partial charge is 0.367 e. The van der Waals surface area contributed by atoms with Crippen LogP contribution < -0.4 is 10.6 Å². The average Bonchev–Trinajstić information content (AvgIpc) is 3.03. The van der Waals surface area contributed by atoms with Crippen LogP contribution >= 0.6 is 0 Å². The van der Waals surface area contributed by atoms with E-state index < -0.39 is 6.17 Å². The van der Waals surface area contributed by atoms with Crippen LogP contribution in [0.2, 0.25) is 0 Å². The van der Waals surface area contributed by atoms with Crippen molar-refractivity contribution in [1.82, 2.24) is 25.1 Å². The standard InChI is InChI=1S/C18H16FN7/c19-11-8-13(9-11)24-16-14-2-1-12(7-10(14)3-4-21-16)23-18-15-17(25-26-18)22-6-5-20-15/h1-7,11,13H,8-9H2,(H,21,24)(H2,22,23,25,26). The Labute approximate surface area is 148 Å². The lowest BCUT2D eigenvalue weighted by Gasteiger charge is -2.31. The topological polar surface area (TPSA) is 91.4 Å². The molecule has 0 bridgehead atoms. The Balaban J connectivity index is 1.44. The van der Waals surface area contributed by atoms with E-state index in [-0.39, 0.29) is 6.04 Å². The number of nitrogens with zero attached hydrogens (tertiary/aromatic N) is 4. The summed E-state index contributed by atoms with van der Waals surface area (Å²) in [5, 5.41) is 15.7. The zero-order chi connectivity index (χ0) is 17.5. The fourth-order valence-electron chi connectivity index (χ4n) is 3.21. The second kappa shape index (κ2) is 5.91. The quantitative estimate of drug-likeness (QED) is 0.522. The average molecular weight is 349 g/mol. The van der Waals surface area contributed by atoms with Crippen molar-refractivity contribution in [3.05, 3.63) is 42.9 Å². The number of H-pyrrole nitrogens is 1. The van der Waals surface area contributed by atoms with E-state index in [1.165, 1.54) is 0 Å². The Morgan fingerprint density at radius 2 is 1.92 bits per heavy atom. The number of hydrogen-bond donors (Lipinski definition) is 3. The van der Waals surface area contributed by atoms with E-state index in [0.717, 1.165) is 22.3 Å². The molecular weight excluding hydrogens is 333 g/mol. The molecular formula is C18H16FN7. The van der Waals surface area contributed by atoms with Gasteiger partial charge >= 0.3 is 0 Å². The first-order valence-electron chi connectivity index (χ1n) is 8.48. The maximum absolute atomic E-state index is 13.0. The van der Waals surface area contributed by atoms with Crippen molar-refractivity contribution >= 4 is 39.3 Å². The summed E-state index contributed by atoms with van der Waals surface area (Å²) in [7, 11) is 0. The number of benzene rings is 1. The van der Waals surface area contributed by atoms with Crippen molar-refractivity contribution < 1.29 is 4.39 Å². The van der Waals surface area contributed by atoms with Crippen molar-refractivity contribution in [2.24, 2.45) is 0 Å². The van der Waals surface area contributed by atoms with Gasteiger partial charge < -0.3 is 10.6 Å². The molecule has 4 aromatic rings. The SMILES string of the molecule is FC1CC(Nc2nccc3cc(Nc4[nH]nc5nccnc45)ccc23)C1. The Bertz CT molecular complexity index is 1090. The molecule has 130 valence electrons. The predicted octanol–water partition coefficient (Wildman–Crippen LogP) is 3.56. The van der Waals surface area contributed by atoms with Crippen molar-refractivity contribution in [3.63, 3.8) is 0 Å². The van der Waals surface area contributed by atoms with Crippen molar-refractivity contribution in [2.75, 3.05) is 10.6 Å². The van der Waals surface area contributed by atoms with Crippen LogP contribution in [0.1, 0.15) is 12.8 Å². The third kappa shape index (κ3) is 2.59. The summed E-state index contributed by atoms with van der Waals surface area (Å²) in [5.74, 6) is 1.49. The van der Waals surface area contributed by atoms with E-state index in [2.05, 4.69) is 35.8 Å². The Kier molecular flexibility index (Phi) is 3.41. The Morgan fingerprint density at radius 3 is 2.81 bits per heavy atom. The van der Waals surface area contributed by atoms with E-state index in [1.54, 1.807) is 18.6 Å². The number of pyridine rings is 1. The second-order valence-corrected chi connectivity index (χ2v) is 6.46. The molecule has 0 aliphatic heterocycles. The van der Waals surface area contributed by atoms with Crippen molar-refractivity contribution in [3.8, 4) is 0 Å². The first-order valence-corrected chi connectivity index (χ1v) is 8.48. The fraction of sp³-hybridized carbons (Fsp3) is 0.222. The highest BCUT2D eigenvalue weighted by molar-refractivity contribution is 5.95. The van der Waals surface area contributed by atoms with Gasteiger partial charge in [0.25, 0.3) is 0 Å². The molecule has 0 atom stereocenters. The molecule has 5 rings (SSSR count). The molecule has 3 heterocycles. The maximum Gasteiger partial charge on any atom is 0.201 e. The highest BCUT2D eigenvalue weighted by atomic mass is 19.1. The van der Waals surface area contributed by atoms with Gasteiger partial charge in [-0.2, -0.15) is 5.10 Å². The van der Waals surface area contributed by atoms with Crippen LogP contribution in [0.15, 0.2) is 42.9 Å². The fourth-order valence-corrected chi connectivity index (χ4v) is 3.21. The molecule has 1 saturated carbocycles. The minimum absolute atomic E-state index is 0.163. The van der Waals surface area contributed by atoms with Gasteiger partial charge in [-0.1, -0.05) is 0 Å². The molecule has 3 aromatic heterocycles. The normalized spacial score (nSPS) is 19.4. The van der Waals surface area contributed by atoms with Crippen LogP contribution in [0.25, 0.3) is 21.9 Å². The van der Waals surface area contributed by atoms with Gasteiger partial charge in [0.05, 0.1) is 0 Å². The summed E-state index contributed by atoms with van der Waals surface area (Å²) in [6.45, 7) is 0. The number of aromatic amines is 1. The predicted molar refractivity (Wildman–Crippen MR) is 98.3 cm³/mol. The summed E-state index contributed by atoms with van der Waals surface area (Å²) in [6, 6.07) is 8.12. The van der Waals surface area contributed by atoms with E-state index in [0.29, 0.717) is 29.8 Å². The minimum atomic E-state index is -0.689. The molecule has 3 N–H and O–H groups in total. The van der Waals surface area contributed by atoms with Crippen molar-refractivity contribution in [1.29, 1.82) is 0 Å². The molecule has 1 aliphatic carbocycles. The number of halogens is 1. The lowest BCUT2D eigenvalue weighted by Crippen LogP contribution is -2.36. The lowest BCUT2D eigenvalue weighted by molar-refractivity contribution is 0.192. The minimum Gasteiger partial charge on any atom is -0.367 e. The number of fused-ring (bicyclic) bond motifs is 2. The molecule has 8 heteroatoms. The Hall–Kier alpha value is -3.29. The van der Waals surface area contributed by atoms with Gasteiger partial charge in [-0.15, -0.1) is 0 Å². The third-order valence-electron chi connectivity index (χ3n) is 4.64. The monoisotopic (exact) mass is 349 g/mol. The number of hydrogen-bond acceptors (Lipinski definition) is 6. The molecule has 0 unspecified atom stereocenters. The van der Waals surface area contributed by atoms with Crippen LogP contribution in [0.5, 0.6) is 0 Å². The van der Waals surface area contributed by atoms with Gasteiger partial charge in [-0.3, -0.25) is 5.10 Å². The number of rotatable bonds is 4. The van der Waals surface area contributed by atoms with Crippen LogP contribution in [0, 0.1) is 0 Å². The zero-order valence-electron chi connectivity index (χ0n) is 13.8. The van der Waals surface area contributed by atoms with E-state index in [9.17, 15) is 4.39 Å². The molecule has 26 heavy (non-hydrogen) atoms. The molecule has 1 aromatic carbocycles. The highest BCUT2D eigenvalue weighted by Crippen LogP contribution is 2.31. The molecule has 1 aliphatic rings. The Morgan fingerprint density at radius 1 is 1.04 bits per heavy atom. The number of alkyl halides is 1. The van der Waals surface area contributed by atoms with Crippen LogP contribution in [-0.4, -0.2) is 37.4 Å². The second-order valence-electron chi connectivity index (χ2n) is 6.46. The smallest absolute Gasteiger partial charge is 0.201 e. The summed E-state index contributed by atoms with van der Waals surface area (Å²) >= 11 is 0. The van der Waals surface area contributed by atoms with Gasteiger partial charge in [-0.05, 0) is 42.5 Å². The summed E-state index contributed by atoms with van der Waals surface area (Å²) in [4.78, 5) is 12.9. The van der Waals surface area contributed by atoms with Crippen LogP contribution in [-0.2, 0) is 0 Å². The molecule has 7 nitrogen and oxygen atoms in total. The van der Waals surface area contributed by atoms with Crippen LogP contribution in [0.3, 0.4) is 0 Å². The van der Waals surface area contributed by atoms with Gasteiger partial charge in [-0.25, -0.2) is 19.3 Å². The molecule has 0 spiro atoms. The molecule has 0 amide bonds. The van der Waals surface area contributed by atoms with Gasteiger partial charge in [0.15, 0.2) is 11.3 Å². The molecule has 1 fully saturated rings. The van der Waals surface area contributed by atoms with Gasteiger partial charge in [0.2, 0.25) is 5.65 Å². The van der Waals surface area contributed by atoms with Gasteiger partial charge in [0, 0.05) is 35.7 Å². The lowest BCUT2D eigenvalue weighted by atomic mass is 9.90. The third-order valence-corrected chi connectivity index (χ3v) is 4.64. The number of anilines is 3. The first kappa shape index (κ1) is 15.0.